The molecule has 1 atom stereocenters. The van der Waals surface area contributed by atoms with E-state index in [1.54, 1.807) is 0 Å². The van der Waals surface area contributed by atoms with Gasteiger partial charge in [0.05, 0.1) is 0 Å². The van der Waals surface area contributed by atoms with Crippen molar-refractivity contribution in [2.45, 2.75) is 52.4 Å². The summed E-state index contributed by atoms with van der Waals surface area (Å²) < 4.78 is 0. The molecule has 0 aromatic carbocycles. The van der Waals surface area contributed by atoms with Gasteiger partial charge in [0.15, 0.2) is 0 Å². The lowest BCUT2D eigenvalue weighted by molar-refractivity contribution is 0.179. The van der Waals surface area contributed by atoms with E-state index in [0.29, 0.717) is 5.41 Å². The molecular weight excluding hydrogens is 170 g/mol. The predicted octanol–water partition coefficient (Wildman–Crippen LogP) is 3.51. The zero-order chi connectivity index (χ0) is 10.4. The molecule has 0 radical (unpaired) electrons. The highest BCUT2D eigenvalue weighted by atomic mass is 14.9. The maximum Gasteiger partial charge on any atom is 0.000771 e. The molecule has 1 unspecified atom stereocenters. The summed E-state index contributed by atoms with van der Waals surface area (Å²) in [4.78, 5) is 0. The van der Waals surface area contributed by atoms with Crippen LogP contribution in [0, 0.1) is 5.41 Å². The average Bonchev–Trinajstić information content (AvgIpc) is 2.19. The zero-order valence-corrected chi connectivity index (χ0v) is 9.86. The van der Waals surface area contributed by atoms with E-state index < -0.39 is 0 Å². The molecule has 1 fully saturated rings. The van der Waals surface area contributed by atoms with E-state index in [1.165, 1.54) is 57.2 Å². The van der Waals surface area contributed by atoms with Crippen LogP contribution in [-0.4, -0.2) is 13.1 Å². The van der Waals surface area contributed by atoms with Crippen LogP contribution in [0.1, 0.15) is 52.4 Å². The van der Waals surface area contributed by atoms with Crippen LogP contribution in [0.4, 0.5) is 0 Å². The van der Waals surface area contributed by atoms with Crippen molar-refractivity contribution in [1.29, 1.82) is 0 Å². The maximum atomic E-state index is 3.97. The van der Waals surface area contributed by atoms with Crippen molar-refractivity contribution in [2.24, 2.45) is 5.41 Å². The number of piperidine rings is 1. The van der Waals surface area contributed by atoms with Crippen molar-refractivity contribution in [3.8, 4) is 0 Å². The van der Waals surface area contributed by atoms with E-state index in [-0.39, 0.29) is 0 Å². The van der Waals surface area contributed by atoms with Crippen LogP contribution >= 0.6 is 0 Å². The lowest BCUT2D eigenvalue weighted by Crippen LogP contribution is -2.39. The van der Waals surface area contributed by atoms with Gasteiger partial charge in [-0.15, -0.1) is 6.58 Å². The van der Waals surface area contributed by atoms with Gasteiger partial charge in [0.2, 0.25) is 0 Å². The molecule has 1 rings (SSSR count). The molecule has 0 aromatic heterocycles. The van der Waals surface area contributed by atoms with Gasteiger partial charge in [0, 0.05) is 6.54 Å². The second-order valence-corrected chi connectivity index (χ2v) is 4.94. The fourth-order valence-corrected chi connectivity index (χ4v) is 2.49. The van der Waals surface area contributed by atoms with Crippen molar-refractivity contribution in [3.05, 3.63) is 12.2 Å². The Bertz CT molecular complexity index is 178. The Morgan fingerprint density at radius 3 is 2.79 bits per heavy atom. The third-order valence-electron chi connectivity index (χ3n) is 3.62. The normalized spacial score (nSPS) is 27.6. The van der Waals surface area contributed by atoms with Crippen LogP contribution in [0.15, 0.2) is 12.2 Å². The van der Waals surface area contributed by atoms with Crippen LogP contribution < -0.4 is 5.32 Å². The minimum absolute atomic E-state index is 0.605. The largest absolute Gasteiger partial charge is 0.316 e. The first-order chi connectivity index (χ1) is 6.68. The number of allylic oxidation sites excluding steroid dienone is 1. The number of hydrogen-bond acceptors (Lipinski definition) is 1. The first kappa shape index (κ1) is 11.8. The Labute approximate surface area is 89.0 Å². The van der Waals surface area contributed by atoms with Gasteiger partial charge in [-0.3, -0.25) is 0 Å². The van der Waals surface area contributed by atoms with Crippen molar-refractivity contribution < 1.29 is 0 Å². The molecule has 0 bridgehead atoms. The molecule has 0 saturated carbocycles. The number of rotatable bonds is 5. The molecule has 1 heterocycles. The molecule has 82 valence electrons. The summed E-state index contributed by atoms with van der Waals surface area (Å²) in [5.74, 6) is 0. The van der Waals surface area contributed by atoms with E-state index >= 15 is 0 Å². The lowest BCUT2D eigenvalue weighted by Gasteiger charge is -2.37. The van der Waals surface area contributed by atoms with Crippen LogP contribution in [0.2, 0.25) is 0 Å². The minimum Gasteiger partial charge on any atom is -0.316 e. The molecule has 0 amide bonds. The summed E-state index contributed by atoms with van der Waals surface area (Å²) >= 11 is 0. The summed E-state index contributed by atoms with van der Waals surface area (Å²) in [6.07, 6.45) is 8.03. The Hall–Kier alpha value is -0.300. The third kappa shape index (κ3) is 3.45. The van der Waals surface area contributed by atoms with Crippen LogP contribution in [0.3, 0.4) is 0 Å². The Morgan fingerprint density at radius 2 is 2.29 bits per heavy atom. The van der Waals surface area contributed by atoms with Gasteiger partial charge in [-0.2, -0.15) is 0 Å². The van der Waals surface area contributed by atoms with Crippen LogP contribution in [0.25, 0.3) is 0 Å². The monoisotopic (exact) mass is 195 g/mol. The molecule has 1 nitrogen and oxygen atoms in total. The summed E-state index contributed by atoms with van der Waals surface area (Å²) in [6.45, 7) is 10.9. The Morgan fingerprint density at radius 1 is 1.50 bits per heavy atom. The quantitative estimate of drug-likeness (QED) is 0.662. The van der Waals surface area contributed by atoms with E-state index in [9.17, 15) is 0 Å². The smallest absolute Gasteiger partial charge is 0.000771 e. The molecule has 0 aliphatic carbocycles. The highest BCUT2D eigenvalue weighted by Crippen LogP contribution is 2.35. The van der Waals surface area contributed by atoms with Gasteiger partial charge >= 0.3 is 0 Å². The van der Waals surface area contributed by atoms with Crippen molar-refractivity contribution in [3.63, 3.8) is 0 Å². The van der Waals surface area contributed by atoms with Crippen LogP contribution in [-0.2, 0) is 0 Å². The second-order valence-electron chi connectivity index (χ2n) is 4.94. The predicted molar refractivity (Wildman–Crippen MR) is 63.5 cm³/mol. The van der Waals surface area contributed by atoms with E-state index in [0.717, 1.165) is 0 Å². The fourth-order valence-electron chi connectivity index (χ4n) is 2.49. The summed E-state index contributed by atoms with van der Waals surface area (Å²) in [5, 5.41) is 3.54. The molecule has 1 aliphatic rings. The highest BCUT2D eigenvalue weighted by molar-refractivity contribution is 4.90. The summed E-state index contributed by atoms with van der Waals surface area (Å²) in [5.41, 5.74) is 1.94. The van der Waals surface area contributed by atoms with Gasteiger partial charge in [0.1, 0.15) is 0 Å². The SMILES string of the molecule is C=C(C)CCCC1(CC)CCCNC1. The van der Waals surface area contributed by atoms with E-state index in [2.05, 4.69) is 25.7 Å². The topological polar surface area (TPSA) is 12.0 Å². The van der Waals surface area contributed by atoms with Gasteiger partial charge in [-0.05, 0) is 57.4 Å². The lowest BCUT2D eigenvalue weighted by atomic mass is 9.74. The standard InChI is InChI=1S/C13H25N/c1-4-13(8-5-7-12(2)3)9-6-10-14-11-13/h14H,2,4-11H2,1,3H3. The maximum absolute atomic E-state index is 3.97. The first-order valence-corrected chi connectivity index (χ1v) is 6.04. The van der Waals surface area contributed by atoms with E-state index in [4.69, 9.17) is 0 Å². The molecule has 0 aromatic rings. The number of nitrogens with one attached hydrogen (secondary N) is 1. The average molecular weight is 195 g/mol. The van der Waals surface area contributed by atoms with E-state index in [1.807, 2.05) is 0 Å². The summed E-state index contributed by atoms with van der Waals surface area (Å²) in [6, 6.07) is 0. The molecule has 14 heavy (non-hydrogen) atoms. The molecule has 1 N–H and O–H groups in total. The molecule has 0 spiro atoms. The van der Waals surface area contributed by atoms with Gasteiger partial charge in [-0.1, -0.05) is 12.5 Å². The Balaban J connectivity index is 2.32. The Kier molecular flexibility index (Phi) is 4.67. The fraction of sp³-hybridized carbons (Fsp3) is 0.846. The first-order valence-electron chi connectivity index (χ1n) is 6.04. The number of hydrogen-bond donors (Lipinski definition) is 1. The van der Waals surface area contributed by atoms with Crippen LogP contribution in [0.5, 0.6) is 0 Å². The molecule has 1 saturated heterocycles. The summed E-state index contributed by atoms with van der Waals surface area (Å²) in [7, 11) is 0. The zero-order valence-electron chi connectivity index (χ0n) is 9.86. The minimum atomic E-state index is 0.605. The van der Waals surface area contributed by atoms with Crippen molar-refractivity contribution >= 4 is 0 Å². The molecule has 1 heteroatoms. The van der Waals surface area contributed by atoms with Gasteiger partial charge < -0.3 is 5.32 Å². The molecular formula is C13H25N. The molecule has 1 aliphatic heterocycles. The van der Waals surface area contributed by atoms with Gasteiger partial charge in [-0.25, -0.2) is 0 Å². The van der Waals surface area contributed by atoms with Crippen molar-refractivity contribution in [1.82, 2.24) is 5.32 Å². The van der Waals surface area contributed by atoms with Gasteiger partial charge in [0.25, 0.3) is 0 Å². The second kappa shape index (κ2) is 5.55. The van der Waals surface area contributed by atoms with Crippen molar-refractivity contribution in [2.75, 3.05) is 13.1 Å². The third-order valence-corrected chi connectivity index (χ3v) is 3.62. The highest BCUT2D eigenvalue weighted by Gasteiger charge is 2.29.